The van der Waals surface area contributed by atoms with E-state index >= 15 is 0 Å². The molecule has 20 heavy (non-hydrogen) atoms. The fourth-order valence-corrected chi connectivity index (χ4v) is 0.629. The summed E-state index contributed by atoms with van der Waals surface area (Å²) in [5, 5.41) is 0. The van der Waals surface area contributed by atoms with Crippen LogP contribution in [0.3, 0.4) is 0 Å². The van der Waals surface area contributed by atoms with Crippen LogP contribution in [0.15, 0.2) is 0 Å². The van der Waals surface area contributed by atoms with Gasteiger partial charge < -0.3 is 9.47 Å². The van der Waals surface area contributed by atoms with Gasteiger partial charge in [0.25, 0.3) is 0 Å². The van der Waals surface area contributed by atoms with Gasteiger partial charge in [0.15, 0.2) is 0 Å². The van der Waals surface area contributed by atoms with Crippen molar-refractivity contribution >= 4 is 23.9 Å². The lowest BCUT2D eigenvalue weighted by Crippen LogP contribution is -2.29. The lowest BCUT2D eigenvalue weighted by molar-refractivity contribution is -0.203. The first-order valence-electron chi connectivity index (χ1n) is 4.47. The second-order valence-electron chi connectivity index (χ2n) is 3.02. The van der Waals surface area contributed by atoms with Gasteiger partial charge >= 0.3 is 36.2 Å². The molecular formula is C8H4F6O6. The maximum absolute atomic E-state index is 11.6. The molecular weight excluding hydrogens is 306 g/mol. The van der Waals surface area contributed by atoms with Crippen molar-refractivity contribution in [2.24, 2.45) is 0 Å². The Bertz CT molecular complexity index is 382. The van der Waals surface area contributed by atoms with Gasteiger partial charge in [0.2, 0.25) is 0 Å². The highest BCUT2D eigenvalue weighted by Crippen LogP contribution is 2.18. The van der Waals surface area contributed by atoms with Crippen molar-refractivity contribution in [3.05, 3.63) is 0 Å². The Labute approximate surface area is 105 Å². The molecule has 0 aliphatic rings. The molecule has 0 amide bonds. The van der Waals surface area contributed by atoms with E-state index in [0.29, 0.717) is 0 Å². The molecule has 0 saturated carbocycles. The molecule has 0 heterocycles. The van der Waals surface area contributed by atoms with Crippen LogP contribution in [0.5, 0.6) is 0 Å². The third-order valence-corrected chi connectivity index (χ3v) is 1.41. The first kappa shape index (κ1) is 17.9. The van der Waals surface area contributed by atoms with E-state index in [1.54, 1.807) is 0 Å². The van der Waals surface area contributed by atoms with Gasteiger partial charge in [-0.05, 0) is 0 Å². The zero-order valence-corrected chi connectivity index (χ0v) is 9.13. The molecule has 0 bridgehead atoms. The van der Waals surface area contributed by atoms with Crippen molar-refractivity contribution in [3.8, 4) is 0 Å². The summed E-state index contributed by atoms with van der Waals surface area (Å²) in [5.41, 5.74) is 0. The highest BCUT2D eigenvalue weighted by molar-refractivity contribution is 5.92. The maximum atomic E-state index is 11.6. The van der Waals surface area contributed by atoms with Crippen molar-refractivity contribution < 1.29 is 55.0 Å². The summed E-state index contributed by atoms with van der Waals surface area (Å²) in [4.78, 5) is 41.5. The summed E-state index contributed by atoms with van der Waals surface area (Å²) >= 11 is 0. The SMILES string of the molecule is O=C(CCC(=O)OC(=O)C(F)(F)F)OC(=O)C(F)(F)F. The number of carbonyl (C=O) groups excluding carboxylic acids is 4. The standard InChI is InChI=1S/C8H4F6O6/c9-7(10,11)5(17)19-3(15)1-2-4(16)20-6(18)8(12,13)14/h1-2H2. The Kier molecular flexibility index (Phi) is 5.66. The van der Waals surface area contributed by atoms with E-state index < -0.39 is 49.1 Å². The smallest absolute Gasteiger partial charge is 0.386 e. The van der Waals surface area contributed by atoms with E-state index in [1.807, 2.05) is 0 Å². The average Bonchev–Trinajstić information content (AvgIpc) is 2.23. The van der Waals surface area contributed by atoms with E-state index in [4.69, 9.17) is 0 Å². The number of hydrogen-bond donors (Lipinski definition) is 0. The predicted molar refractivity (Wildman–Crippen MR) is 43.5 cm³/mol. The van der Waals surface area contributed by atoms with Gasteiger partial charge in [-0.3, -0.25) is 9.59 Å². The number of rotatable bonds is 3. The quantitative estimate of drug-likeness (QED) is 0.439. The van der Waals surface area contributed by atoms with Crippen molar-refractivity contribution in [1.82, 2.24) is 0 Å². The van der Waals surface area contributed by atoms with Gasteiger partial charge in [-0.15, -0.1) is 0 Å². The van der Waals surface area contributed by atoms with Crippen LogP contribution in [0.2, 0.25) is 0 Å². The van der Waals surface area contributed by atoms with Crippen LogP contribution in [0.25, 0.3) is 0 Å². The number of esters is 4. The van der Waals surface area contributed by atoms with Gasteiger partial charge in [0.05, 0.1) is 12.8 Å². The maximum Gasteiger partial charge on any atom is 0.491 e. The highest BCUT2D eigenvalue weighted by Gasteiger charge is 2.43. The van der Waals surface area contributed by atoms with Crippen molar-refractivity contribution in [1.29, 1.82) is 0 Å². The fraction of sp³-hybridized carbons (Fsp3) is 0.500. The van der Waals surface area contributed by atoms with Crippen LogP contribution >= 0.6 is 0 Å². The summed E-state index contributed by atoms with van der Waals surface area (Å²) in [5.74, 6) is -9.32. The Balaban J connectivity index is 4.18. The summed E-state index contributed by atoms with van der Waals surface area (Å²) in [6.45, 7) is 0. The minimum atomic E-state index is -5.44. The second kappa shape index (κ2) is 6.34. The second-order valence-corrected chi connectivity index (χ2v) is 3.02. The Morgan fingerprint density at radius 2 is 0.900 bits per heavy atom. The van der Waals surface area contributed by atoms with E-state index in [2.05, 4.69) is 9.47 Å². The van der Waals surface area contributed by atoms with Crippen LogP contribution in [-0.4, -0.2) is 36.2 Å². The lowest BCUT2D eigenvalue weighted by atomic mass is 10.3. The molecule has 0 aromatic heterocycles. The van der Waals surface area contributed by atoms with Crippen molar-refractivity contribution in [2.45, 2.75) is 25.2 Å². The van der Waals surface area contributed by atoms with Crippen molar-refractivity contribution in [2.75, 3.05) is 0 Å². The zero-order chi connectivity index (χ0) is 16.1. The lowest BCUT2D eigenvalue weighted by Gasteiger charge is -2.06. The van der Waals surface area contributed by atoms with Crippen LogP contribution in [-0.2, 0) is 28.7 Å². The van der Waals surface area contributed by atoms with E-state index in [0.717, 1.165) is 0 Å². The van der Waals surface area contributed by atoms with E-state index in [-0.39, 0.29) is 0 Å². The number of halogens is 6. The van der Waals surface area contributed by atoms with Gasteiger partial charge in [-0.25, -0.2) is 9.59 Å². The molecule has 0 aromatic rings. The molecule has 0 radical (unpaired) electrons. The minimum Gasteiger partial charge on any atom is -0.386 e. The van der Waals surface area contributed by atoms with Gasteiger partial charge in [0.1, 0.15) is 0 Å². The topological polar surface area (TPSA) is 86.7 Å². The minimum absolute atomic E-state index is 1.17. The number of alkyl halides is 6. The molecule has 0 unspecified atom stereocenters. The number of carbonyl (C=O) groups is 4. The first-order valence-corrected chi connectivity index (χ1v) is 4.47. The monoisotopic (exact) mass is 310 g/mol. The molecule has 0 atom stereocenters. The highest BCUT2D eigenvalue weighted by atomic mass is 19.4. The summed E-state index contributed by atoms with van der Waals surface area (Å²) in [6, 6.07) is 0. The number of hydrogen-bond acceptors (Lipinski definition) is 6. The van der Waals surface area contributed by atoms with Crippen LogP contribution < -0.4 is 0 Å². The summed E-state index contributed by atoms with van der Waals surface area (Å²) in [6.07, 6.45) is -13.2. The molecule has 0 aliphatic heterocycles. The van der Waals surface area contributed by atoms with E-state index in [9.17, 15) is 45.5 Å². The molecule has 0 rings (SSSR count). The summed E-state index contributed by atoms with van der Waals surface area (Å²) in [7, 11) is 0. The molecule has 0 aliphatic carbocycles. The normalized spacial score (nSPS) is 11.7. The van der Waals surface area contributed by atoms with Crippen LogP contribution in [0.4, 0.5) is 26.3 Å². The Morgan fingerprint density at radius 1 is 0.650 bits per heavy atom. The first-order chi connectivity index (χ1) is 8.84. The third kappa shape index (κ3) is 6.70. The largest absolute Gasteiger partial charge is 0.491 e. The predicted octanol–water partition coefficient (Wildman–Crippen LogP) is 1.03. The Morgan fingerprint density at radius 3 is 1.10 bits per heavy atom. The van der Waals surface area contributed by atoms with E-state index in [1.165, 1.54) is 0 Å². The van der Waals surface area contributed by atoms with Gasteiger partial charge in [0, 0.05) is 0 Å². The number of ether oxygens (including phenoxy) is 2. The fourth-order valence-electron chi connectivity index (χ4n) is 0.629. The third-order valence-electron chi connectivity index (χ3n) is 1.41. The molecule has 6 nitrogen and oxygen atoms in total. The molecule has 0 spiro atoms. The zero-order valence-electron chi connectivity index (χ0n) is 9.13. The van der Waals surface area contributed by atoms with Gasteiger partial charge in [-0.2, -0.15) is 26.3 Å². The van der Waals surface area contributed by atoms with Crippen LogP contribution in [0.1, 0.15) is 12.8 Å². The van der Waals surface area contributed by atoms with Crippen molar-refractivity contribution in [3.63, 3.8) is 0 Å². The molecule has 0 saturated heterocycles. The molecule has 0 fully saturated rings. The molecule has 114 valence electrons. The van der Waals surface area contributed by atoms with Crippen LogP contribution in [0, 0.1) is 0 Å². The molecule has 0 N–H and O–H groups in total. The Hall–Kier alpha value is -2.14. The van der Waals surface area contributed by atoms with Gasteiger partial charge in [-0.1, -0.05) is 0 Å². The average molecular weight is 310 g/mol. The molecule has 12 heteroatoms. The summed E-state index contributed by atoms with van der Waals surface area (Å²) < 4.78 is 76.2. The molecule has 0 aromatic carbocycles.